The van der Waals surface area contributed by atoms with E-state index in [1.165, 1.54) is 11.8 Å². The number of nitrogens with one attached hydrogen (secondary N) is 1. The van der Waals surface area contributed by atoms with E-state index in [2.05, 4.69) is 15.5 Å². The molecule has 4 aromatic rings. The van der Waals surface area contributed by atoms with Gasteiger partial charge in [-0.05, 0) is 54.1 Å². The molecule has 0 radical (unpaired) electrons. The summed E-state index contributed by atoms with van der Waals surface area (Å²) in [5, 5.41) is 12.9. The second-order valence-electron chi connectivity index (χ2n) is 6.89. The van der Waals surface area contributed by atoms with Crippen LogP contribution in [0.15, 0.2) is 76.5 Å². The van der Waals surface area contributed by atoms with Crippen LogP contribution in [0, 0.1) is 0 Å². The van der Waals surface area contributed by atoms with Crippen molar-refractivity contribution in [2.24, 2.45) is 0 Å². The summed E-state index contributed by atoms with van der Waals surface area (Å²) in [6.45, 7) is 0.892. The van der Waals surface area contributed by atoms with E-state index in [0.29, 0.717) is 29.1 Å². The van der Waals surface area contributed by atoms with E-state index in [1.54, 1.807) is 25.5 Å². The largest absolute Gasteiger partial charge is 0.497 e. The molecule has 0 fully saturated rings. The van der Waals surface area contributed by atoms with E-state index in [9.17, 15) is 4.79 Å². The number of benzene rings is 2. The fourth-order valence-corrected chi connectivity index (χ4v) is 3.93. The lowest BCUT2D eigenvalue weighted by molar-refractivity contribution is -0.118. The van der Waals surface area contributed by atoms with Gasteiger partial charge in [-0.15, -0.1) is 10.2 Å². The number of thioether (sulfide) groups is 1. The summed E-state index contributed by atoms with van der Waals surface area (Å²) in [5.74, 6) is 2.34. The maximum Gasteiger partial charge on any atom is 0.230 e. The zero-order valence-corrected chi connectivity index (χ0v) is 18.9. The number of carbonyl (C=O) groups is 1. The fourth-order valence-electron chi connectivity index (χ4n) is 3.03. The summed E-state index contributed by atoms with van der Waals surface area (Å²) in [4.78, 5) is 12.4. The summed E-state index contributed by atoms with van der Waals surface area (Å²) < 4.78 is 12.7. The predicted octanol–water partition coefficient (Wildman–Crippen LogP) is 4.66. The summed E-state index contributed by atoms with van der Waals surface area (Å²) in [6, 6.07) is 18.7. The molecule has 4 rings (SSSR count). The zero-order chi connectivity index (χ0) is 22.3. The summed E-state index contributed by atoms with van der Waals surface area (Å²) in [6.07, 6.45) is 1.63. The van der Waals surface area contributed by atoms with Gasteiger partial charge in [-0.3, -0.25) is 9.36 Å². The van der Waals surface area contributed by atoms with E-state index in [1.807, 2.05) is 53.1 Å². The van der Waals surface area contributed by atoms with Gasteiger partial charge in [-0.1, -0.05) is 35.5 Å². The maximum atomic E-state index is 12.4. The number of hydrogen-bond donors (Lipinski definition) is 1. The van der Waals surface area contributed by atoms with Gasteiger partial charge in [0.1, 0.15) is 11.5 Å². The highest BCUT2D eigenvalue weighted by Crippen LogP contribution is 2.26. The van der Waals surface area contributed by atoms with Gasteiger partial charge in [0.05, 0.1) is 25.7 Å². The third-order valence-corrected chi connectivity index (χ3v) is 5.91. The van der Waals surface area contributed by atoms with Crippen LogP contribution >= 0.6 is 23.4 Å². The van der Waals surface area contributed by atoms with Crippen molar-refractivity contribution in [3.63, 3.8) is 0 Å². The standard InChI is InChI=1S/C23H21ClN4O3S/c1-30-19-10-6-17(7-11-19)22-26-27-23(28(22)14-20-3-2-12-31-20)32-15-21(29)25-13-16-4-8-18(24)9-5-16/h2-12H,13-15H2,1H3,(H,25,29). The topological polar surface area (TPSA) is 82.2 Å². The molecule has 0 aliphatic rings. The minimum absolute atomic E-state index is 0.0940. The molecule has 1 N–H and O–H groups in total. The van der Waals surface area contributed by atoms with Gasteiger partial charge in [0.2, 0.25) is 5.91 Å². The Bertz CT molecular complexity index is 1160. The van der Waals surface area contributed by atoms with Crippen LogP contribution in [0.4, 0.5) is 0 Å². The molecular formula is C23H21ClN4O3S. The second-order valence-corrected chi connectivity index (χ2v) is 8.27. The van der Waals surface area contributed by atoms with Crippen molar-refractivity contribution in [1.82, 2.24) is 20.1 Å². The van der Waals surface area contributed by atoms with Crippen molar-refractivity contribution in [3.8, 4) is 17.1 Å². The van der Waals surface area contributed by atoms with Crippen LogP contribution in [0.5, 0.6) is 5.75 Å². The molecule has 0 spiro atoms. The first-order chi connectivity index (χ1) is 15.6. The van der Waals surface area contributed by atoms with E-state index in [0.717, 1.165) is 22.6 Å². The number of hydrogen-bond acceptors (Lipinski definition) is 6. The molecule has 32 heavy (non-hydrogen) atoms. The van der Waals surface area contributed by atoms with Gasteiger partial charge in [0, 0.05) is 17.1 Å². The Morgan fingerprint density at radius 3 is 2.59 bits per heavy atom. The van der Waals surface area contributed by atoms with Gasteiger partial charge in [0.25, 0.3) is 0 Å². The lowest BCUT2D eigenvalue weighted by Gasteiger charge is -2.10. The molecule has 2 heterocycles. The molecule has 0 unspecified atom stereocenters. The minimum Gasteiger partial charge on any atom is -0.497 e. The molecule has 0 saturated carbocycles. The van der Waals surface area contributed by atoms with Crippen LogP contribution in [-0.4, -0.2) is 33.5 Å². The Kier molecular flexibility index (Phi) is 7.14. The fraction of sp³-hybridized carbons (Fsp3) is 0.174. The van der Waals surface area contributed by atoms with Crippen molar-refractivity contribution in [2.45, 2.75) is 18.2 Å². The SMILES string of the molecule is COc1ccc(-c2nnc(SCC(=O)NCc3ccc(Cl)cc3)n2Cc2ccco2)cc1. The van der Waals surface area contributed by atoms with E-state index in [4.69, 9.17) is 20.8 Å². The van der Waals surface area contributed by atoms with Gasteiger partial charge >= 0.3 is 0 Å². The first kappa shape index (κ1) is 22.0. The summed E-state index contributed by atoms with van der Waals surface area (Å²) >= 11 is 7.23. The Morgan fingerprint density at radius 1 is 1.12 bits per heavy atom. The number of amides is 1. The third kappa shape index (κ3) is 5.52. The molecule has 164 valence electrons. The Labute approximate surface area is 194 Å². The molecule has 2 aromatic carbocycles. The molecule has 0 aliphatic carbocycles. The minimum atomic E-state index is -0.0940. The van der Waals surface area contributed by atoms with Crippen molar-refractivity contribution in [3.05, 3.63) is 83.3 Å². The van der Waals surface area contributed by atoms with Crippen LogP contribution in [0.3, 0.4) is 0 Å². The average molecular weight is 469 g/mol. The molecule has 0 bridgehead atoms. The van der Waals surface area contributed by atoms with Crippen LogP contribution in [0.1, 0.15) is 11.3 Å². The van der Waals surface area contributed by atoms with Crippen LogP contribution in [-0.2, 0) is 17.9 Å². The summed E-state index contributed by atoms with van der Waals surface area (Å²) in [7, 11) is 1.63. The number of aromatic nitrogens is 3. The first-order valence-corrected chi connectivity index (χ1v) is 11.2. The number of rotatable bonds is 9. The highest BCUT2D eigenvalue weighted by Gasteiger charge is 2.17. The normalized spacial score (nSPS) is 10.8. The lowest BCUT2D eigenvalue weighted by atomic mass is 10.2. The quantitative estimate of drug-likeness (QED) is 0.360. The number of furan rings is 1. The van der Waals surface area contributed by atoms with E-state index < -0.39 is 0 Å². The van der Waals surface area contributed by atoms with Gasteiger partial charge in [-0.2, -0.15) is 0 Å². The average Bonchev–Trinajstić information content (AvgIpc) is 3.48. The van der Waals surface area contributed by atoms with Crippen LogP contribution < -0.4 is 10.1 Å². The number of methoxy groups -OCH3 is 1. The maximum absolute atomic E-state index is 12.4. The molecule has 7 nitrogen and oxygen atoms in total. The molecule has 2 aromatic heterocycles. The van der Waals surface area contributed by atoms with Crippen molar-refractivity contribution in [1.29, 1.82) is 0 Å². The Balaban J connectivity index is 1.46. The number of carbonyl (C=O) groups excluding carboxylic acids is 1. The Hall–Kier alpha value is -3.23. The molecule has 0 atom stereocenters. The lowest BCUT2D eigenvalue weighted by Crippen LogP contribution is -2.24. The van der Waals surface area contributed by atoms with Gasteiger partial charge in [0.15, 0.2) is 11.0 Å². The molecule has 1 amide bonds. The van der Waals surface area contributed by atoms with E-state index in [-0.39, 0.29) is 11.7 Å². The zero-order valence-electron chi connectivity index (χ0n) is 17.3. The number of nitrogens with zero attached hydrogens (tertiary/aromatic N) is 3. The predicted molar refractivity (Wildman–Crippen MR) is 124 cm³/mol. The van der Waals surface area contributed by atoms with Gasteiger partial charge < -0.3 is 14.5 Å². The van der Waals surface area contributed by atoms with E-state index >= 15 is 0 Å². The van der Waals surface area contributed by atoms with Crippen LogP contribution in [0.25, 0.3) is 11.4 Å². The highest BCUT2D eigenvalue weighted by atomic mass is 35.5. The van der Waals surface area contributed by atoms with Crippen molar-refractivity contribution >= 4 is 29.3 Å². The Morgan fingerprint density at radius 2 is 1.91 bits per heavy atom. The molecule has 9 heteroatoms. The molecule has 0 saturated heterocycles. The molecule has 0 aliphatic heterocycles. The van der Waals surface area contributed by atoms with Gasteiger partial charge in [-0.25, -0.2) is 0 Å². The number of ether oxygens (including phenoxy) is 1. The van der Waals surface area contributed by atoms with Crippen LogP contribution in [0.2, 0.25) is 5.02 Å². The second kappa shape index (κ2) is 10.4. The monoisotopic (exact) mass is 468 g/mol. The third-order valence-electron chi connectivity index (χ3n) is 4.69. The number of halogens is 1. The van der Waals surface area contributed by atoms with Crippen molar-refractivity contribution < 1.29 is 13.9 Å². The smallest absolute Gasteiger partial charge is 0.230 e. The highest BCUT2D eigenvalue weighted by molar-refractivity contribution is 7.99. The summed E-state index contributed by atoms with van der Waals surface area (Å²) in [5.41, 5.74) is 1.87. The first-order valence-electron chi connectivity index (χ1n) is 9.86. The van der Waals surface area contributed by atoms with Crippen molar-refractivity contribution in [2.75, 3.05) is 12.9 Å². The molecular weight excluding hydrogens is 448 g/mol.